The van der Waals surface area contributed by atoms with Crippen LogP contribution in [0.15, 0.2) is 97.3 Å². The summed E-state index contributed by atoms with van der Waals surface area (Å²) in [7, 11) is 0. The summed E-state index contributed by atoms with van der Waals surface area (Å²) < 4.78 is 1.64. The molecule has 5 heteroatoms. The van der Waals surface area contributed by atoms with Gasteiger partial charge in [-0.1, -0.05) is 54.6 Å². The van der Waals surface area contributed by atoms with Crippen LogP contribution in [0.2, 0.25) is 0 Å². The molecule has 3 aromatic carbocycles. The summed E-state index contributed by atoms with van der Waals surface area (Å²) in [5.41, 5.74) is 2.04. The van der Waals surface area contributed by atoms with Gasteiger partial charge in [-0.3, -0.25) is 10.2 Å². The Bertz CT molecular complexity index is 1170. The Labute approximate surface area is 162 Å². The highest BCUT2D eigenvalue weighted by atomic mass is 16.1. The zero-order valence-corrected chi connectivity index (χ0v) is 15.0. The summed E-state index contributed by atoms with van der Waals surface area (Å²) in [6.07, 6.45) is 4.51. The van der Waals surface area contributed by atoms with E-state index in [1.165, 1.54) is 6.08 Å². The minimum Gasteiger partial charge on any atom is -0.362 e. The van der Waals surface area contributed by atoms with Crippen LogP contribution in [-0.2, 0) is 4.79 Å². The maximum Gasteiger partial charge on any atom is 0.207 e. The molecular formula is C23H18N4O. The maximum atomic E-state index is 12.5. The topological polar surface area (TPSA) is 70.8 Å². The third-order valence-electron chi connectivity index (χ3n) is 4.40. The van der Waals surface area contributed by atoms with Crippen LogP contribution < -0.4 is 5.32 Å². The van der Waals surface area contributed by atoms with Gasteiger partial charge >= 0.3 is 0 Å². The summed E-state index contributed by atoms with van der Waals surface area (Å²) >= 11 is 0. The predicted octanol–water partition coefficient (Wildman–Crippen LogP) is 4.59. The molecule has 1 aromatic heterocycles. The number of fused-ring (bicyclic) bond motifs is 1. The zero-order valence-electron chi connectivity index (χ0n) is 15.0. The van der Waals surface area contributed by atoms with E-state index in [0.29, 0.717) is 5.69 Å². The van der Waals surface area contributed by atoms with Gasteiger partial charge < -0.3 is 5.32 Å². The summed E-state index contributed by atoms with van der Waals surface area (Å²) in [5, 5.41) is 17.8. The number of benzene rings is 3. The monoisotopic (exact) mass is 366 g/mol. The molecule has 0 radical (unpaired) electrons. The number of carbonyl (C=O) groups is 1. The Morgan fingerprint density at radius 1 is 0.929 bits per heavy atom. The van der Waals surface area contributed by atoms with E-state index in [9.17, 15) is 4.79 Å². The van der Waals surface area contributed by atoms with E-state index in [-0.39, 0.29) is 5.71 Å². The van der Waals surface area contributed by atoms with Crippen molar-refractivity contribution in [1.29, 1.82) is 5.41 Å². The lowest BCUT2D eigenvalue weighted by atomic mass is 10.1. The fraction of sp³-hybridized carbons (Fsp3) is 0. The molecule has 0 atom stereocenters. The van der Waals surface area contributed by atoms with Gasteiger partial charge in [0, 0.05) is 23.3 Å². The fourth-order valence-corrected chi connectivity index (χ4v) is 3.04. The highest BCUT2D eigenvalue weighted by Crippen LogP contribution is 2.23. The van der Waals surface area contributed by atoms with Gasteiger partial charge in [0.1, 0.15) is 5.71 Å². The molecule has 0 unspecified atom stereocenters. The zero-order chi connectivity index (χ0) is 19.3. The number of nitrogens with one attached hydrogen (secondary N) is 2. The molecule has 2 N–H and O–H groups in total. The van der Waals surface area contributed by atoms with Crippen LogP contribution in [-0.4, -0.2) is 21.3 Å². The molecule has 1 heterocycles. The number of hydrogen-bond acceptors (Lipinski definition) is 4. The Balaban J connectivity index is 1.60. The summed E-state index contributed by atoms with van der Waals surface area (Å²) in [4.78, 5) is 12.5. The largest absolute Gasteiger partial charge is 0.362 e. The van der Waals surface area contributed by atoms with Gasteiger partial charge in [-0.15, -0.1) is 0 Å². The second-order valence-corrected chi connectivity index (χ2v) is 6.21. The van der Waals surface area contributed by atoms with Crippen LogP contribution in [0.1, 0.15) is 5.69 Å². The molecule has 4 aromatic rings. The quantitative estimate of drug-likeness (QED) is 0.387. The Kier molecular flexibility index (Phi) is 4.80. The maximum absolute atomic E-state index is 12.5. The molecule has 0 fully saturated rings. The van der Waals surface area contributed by atoms with E-state index in [0.717, 1.165) is 22.1 Å². The molecule has 0 amide bonds. The minimum atomic E-state index is -0.398. The number of para-hydroxylation sites is 1. The summed E-state index contributed by atoms with van der Waals surface area (Å²) in [6, 6.07) is 25.1. The first kappa shape index (κ1) is 17.4. The standard InChI is InChI=1S/C23H18N4O/c24-23(22(28)14-15-25-18-9-2-1-3-10-18)21-13-16-26-27(21)20-12-6-8-17-7-4-5-11-19(17)20/h1-16,24-25H/b15-14-,24-23?. The van der Waals surface area contributed by atoms with Crippen molar-refractivity contribution in [3.8, 4) is 5.69 Å². The first-order valence-corrected chi connectivity index (χ1v) is 8.87. The molecule has 0 spiro atoms. The lowest BCUT2D eigenvalue weighted by Gasteiger charge is -2.10. The van der Waals surface area contributed by atoms with Gasteiger partial charge in [-0.25, -0.2) is 4.68 Å². The molecule has 0 saturated heterocycles. The van der Waals surface area contributed by atoms with Crippen molar-refractivity contribution in [2.75, 3.05) is 5.32 Å². The van der Waals surface area contributed by atoms with E-state index < -0.39 is 5.78 Å². The molecule has 5 nitrogen and oxygen atoms in total. The Morgan fingerprint density at radius 2 is 1.68 bits per heavy atom. The number of aromatic nitrogens is 2. The summed E-state index contributed by atoms with van der Waals surface area (Å²) in [6.45, 7) is 0. The van der Waals surface area contributed by atoms with E-state index >= 15 is 0 Å². The van der Waals surface area contributed by atoms with Crippen LogP contribution in [0.4, 0.5) is 5.69 Å². The van der Waals surface area contributed by atoms with Gasteiger partial charge in [0.15, 0.2) is 0 Å². The first-order valence-electron chi connectivity index (χ1n) is 8.87. The molecule has 136 valence electrons. The first-order chi connectivity index (χ1) is 13.7. The van der Waals surface area contributed by atoms with Crippen LogP contribution in [0.25, 0.3) is 16.5 Å². The second kappa shape index (κ2) is 7.72. The lowest BCUT2D eigenvalue weighted by Crippen LogP contribution is -2.17. The van der Waals surface area contributed by atoms with E-state index in [1.807, 2.05) is 72.8 Å². The SMILES string of the molecule is N=C(C(=O)/C=C\Nc1ccccc1)c1ccnn1-c1cccc2ccccc12. The van der Waals surface area contributed by atoms with E-state index in [2.05, 4.69) is 10.4 Å². The van der Waals surface area contributed by atoms with Crippen LogP contribution >= 0.6 is 0 Å². The van der Waals surface area contributed by atoms with Crippen LogP contribution in [0, 0.1) is 5.41 Å². The number of anilines is 1. The normalized spacial score (nSPS) is 11.0. The molecule has 0 saturated carbocycles. The number of allylic oxidation sites excluding steroid dienone is 1. The van der Waals surface area contributed by atoms with Crippen molar-refractivity contribution in [2.24, 2.45) is 0 Å². The van der Waals surface area contributed by atoms with Crippen LogP contribution in [0.5, 0.6) is 0 Å². The average Bonchev–Trinajstić information content (AvgIpc) is 3.23. The molecule has 0 aliphatic rings. The molecule has 0 bridgehead atoms. The summed E-state index contributed by atoms with van der Waals surface area (Å²) in [5.74, 6) is -0.398. The number of rotatable bonds is 6. The van der Waals surface area contributed by atoms with Gasteiger partial charge in [0.05, 0.1) is 17.6 Å². The van der Waals surface area contributed by atoms with Gasteiger partial charge in [0.2, 0.25) is 5.78 Å². The number of nitrogens with zero attached hydrogens (tertiary/aromatic N) is 2. The Hall–Kier alpha value is -3.99. The molecule has 0 aliphatic carbocycles. The van der Waals surface area contributed by atoms with Crippen molar-refractivity contribution in [1.82, 2.24) is 9.78 Å². The average molecular weight is 366 g/mol. The highest BCUT2D eigenvalue weighted by molar-refractivity contribution is 6.48. The molecule has 4 rings (SSSR count). The lowest BCUT2D eigenvalue weighted by molar-refractivity contribution is -0.108. The number of carbonyl (C=O) groups excluding carboxylic acids is 1. The second-order valence-electron chi connectivity index (χ2n) is 6.21. The highest BCUT2D eigenvalue weighted by Gasteiger charge is 2.16. The van der Waals surface area contributed by atoms with Gasteiger partial charge in [0.25, 0.3) is 0 Å². The smallest absolute Gasteiger partial charge is 0.207 e. The van der Waals surface area contributed by atoms with Crippen molar-refractivity contribution in [3.05, 3.63) is 103 Å². The van der Waals surface area contributed by atoms with Gasteiger partial charge in [-0.05, 0) is 29.7 Å². The minimum absolute atomic E-state index is 0.114. The van der Waals surface area contributed by atoms with Crippen molar-refractivity contribution in [2.45, 2.75) is 0 Å². The third kappa shape index (κ3) is 3.46. The Morgan fingerprint density at radius 3 is 2.54 bits per heavy atom. The van der Waals surface area contributed by atoms with Crippen molar-refractivity contribution >= 4 is 28.0 Å². The van der Waals surface area contributed by atoms with Gasteiger partial charge in [-0.2, -0.15) is 5.10 Å². The molecule has 0 aliphatic heterocycles. The fourth-order valence-electron chi connectivity index (χ4n) is 3.04. The molecular weight excluding hydrogens is 348 g/mol. The molecule has 28 heavy (non-hydrogen) atoms. The predicted molar refractivity (Wildman–Crippen MR) is 112 cm³/mol. The van der Waals surface area contributed by atoms with E-state index in [1.54, 1.807) is 23.1 Å². The number of hydrogen-bond donors (Lipinski definition) is 2. The third-order valence-corrected chi connectivity index (χ3v) is 4.40. The van der Waals surface area contributed by atoms with Crippen LogP contribution in [0.3, 0.4) is 0 Å². The van der Waals surface area contributed by atoms with Crippen molar-refractivity contribution in [3.63, 3.8) is 0 Å². The van der Waals surface area contributed by atoms with Crippen molar-refractivity contribution < 1.29 is 4.79 Å². The number of ketones is 1. The van der Waals surface area contributed by atoms with E-state index in [4.69, 9.17) is 5.41 Å².